The Hall–Kier alpha value is -2.21. The molecule has 0 aliphatic carbocycles. The van der Waals surface area contributed by atoms with E-state index in [1.165, 1.54) is 12.1 Å². The molecule has 0 unspecified atom stereocenters. The third-order valence-corrected chi connectivity index (χ3v) is 3.36. The Bertz CT molecular complexity index is 650. The van der Waals surface area contributed by atoms with E-state index >= 15 is 0 Å². The minimum Gasteiger partial charge on any atom is -0.461 e. The zero-order chi connectivity index (χ0) is 16.1. The molecule has 0 atom stereocenters. The summed E-state index contributed by atoms with van der Waals surface area (Å²) in [6, 6.07) is 6.20. The lowest BCUT2D eigenvalue weighted by Gasteiger charge is -2.08. The summed E-state index contributed by atoms with van der Waals surface area (Å²) < 4.78 is 19.7. The van der Waals surface area contributed by atoms with Gasteiger partial charge in [-0.25, -0.2) is 9.18 Å². The Balaban J connectivity index is 2.40. The Morgan fingerprint density at radius 1 is 1.36 bits per heavy atom. The number of nitrogens with zero attached hydrogens (tertiary/aromatic N) is 2. The van der Waals surface area contributed by atoms with Crippen LogP contribution in [-0.4, -0.2) is 28.9 Å². The first-order valence-electron chi connectivity index (χ1n) is 7.24. The first-order chi connectivity index (χ1) is 10.6. The Labute approximate surface area is 128 Å². The molecule has 0 saturated heterocycles. The van der Waals surface area contributed by atoms with Gasteiger partial charge in [0.1, 0.15) is 11.5 Å². The number of rotatable bonds is 6. The van der Waals surface area contributed by atoms with E-state index in [1.54, 1.807) is 23.7 Å². The van der Waals surface area contributed by atoms with E-state index in [1.807, 2.05) is 6.92 Å². The van der Waals surface area contributed by atoms with E-state index in [2.05, 4.69) is 5.10 Å². The molecule has 0 radical (unpaired) electrons. The number of carbonyl (C=O) groups excluding carboxylic acids is 1. The maximum Gasteiger partial charge on any atom is 0.356 e. The Kier molecular flexibility index (Phi) is 5.27. The molecule has 0 saturated carbocycles. The van der Waals surface area contributed by atoms with Crippen LogP contribution in [0.25, 0.3) is 0 Å². The number of nitrogens with two attached hydrogens (primary N) is 1. The molecule has 0 spiro atoms. The fourth-order valence-electron chi connectivity index (χ4n) is 2.35. The molecule has 2 N–H and O–H groups in total. The number of halogens is 1. The minimum atomic E-state index is -0.409. The van der Waals surface area contributed by atoms with Crippen LogP contribution < -0.4 is 5.73 Å². The van der Waals surface area contributed by atoms with Crippen LogP contribution in [0.4, 0.5) is 4.39 Å². The highest BCUT2D eigenvalue weighted by Gasteiger charge is 2.22. The number of aryl methyl sites for hydroxylation is 1. The van der Waals surface area contributed by atoms with Crippen molar-refractivity contribution in [3.8, 4) is 0 Å². The molecular weight excluding hydrogens is 285 g/mol. The molecule has 1 aromatic heterocycles. The highest BCUT2D eigenvalue weighted by atomic mass is 19.1. The van der Waals surface area contributed by atoms with Gasteiger partial charge in [0, 0.05) is 18.5 Å². The zero-order valence-electron chi connectivity index (χ0n) is 12.8. The highest BCUT2D eigenvalue weighted by Crippen LogP contribution is 2.20. The zero-order valence-corrected chi connectivity index (χ0v) is 12.8. The smallest absolute Gasteiger partial charge is 0.356 e. The van der Waals surface area contributed by atoms with Gasteiger partial charge < -0.3 is 10.5 Å². The van der Waals surface area contributed by atoms with Gasteiger partial charge in [-0.2, -0.15) is 5.10 Å². The number of hydrogen-bond donors (Lipinski definition) is 1. The lowest BCUT2D eigenvalue weighted by Crippen LogP contribution is -2.19. The predicted molar refractivity (Wildman–Crippen MR) is 81.2 cm³/mol. The van der Waals surface area contributed by atoms with Crippen LogP contribution in [0.2, 0.25) is 0 Å². The molecular formula is C16H20FN3O2. The topological polar surface area (TPSA) is 70.1 Å². The van der Waals surface area contributed by atoms with Crippen molar-refractivity contribution in [2.75, 3.05) is 13.2 Å². The fourth-order valence-corrected chi connectivity index (χ4v) is 2.35. The van der Waals surface area contributed by atoms with Crippen molar-refractivity contribution >= 4 is 5.97 Å². The summed E-state index contributed by atoms with van der Waals surface area (Å²) in [7, 11) is 0. The number of benzene rings is 1. The summed E-state index contributed by atoms with van der Waals surface area (Å²) in [6.07, 6.45) is 0.491. The molecule has 0 bridgehead atoms. The first kappa shape index (κ1) is 16.2. The normalized spacial score (nSPS) is 10.7. The van der Waals surface area contributed by atoms with E-state index in [-0.39, 0.29) is 5.82 Å². The van der Waals surface area contributed by atoms with Crippen LogP contribution in [0.1, 0.15) is 34.2 Å². The second-order valence-electron chi connectivity index (χ2n) is 4.95. The summed E-state index contributed by atoms with van der Waals surface area (Å²) in [5.41, 5.74) is 8.45. The summed E-state index contributed by atoms with van der Waals surface area (Å²) in [4.78, 5) is 12.2. The molecule has 0 aliphatic rings. The van der Waals surface area contributed by atoms with Crippen LogP contribution in [0, 0.1) is 12.7 Å². The van der Waals surface area contributed by atoms with E-state index in [0.717, 1.165) is 16.8 Å². The molecule has 2 rings (SSSR count). The SMILES string of the molecule is CCOC(=O)c1c(Cc2ccc(F)cc2)c(C)nn1CCN. The van der Waals surface area contributed by atoms with Crippen LogP contribution in [0.3, 0.4) is 0 Å². The maximum absolute atomic E-state index is 13.0. The summed E-state index contributed by atoms with van der Waals surface area (Å²) in [6.45, 7) is 4.71. The predicted octanol–water partition coefficient (Wildman–Crippen LogP) is 2.06. The van der Waals surface area contributed by atoms with Gasteiger partial charge in [0.15, 0.2) is 0 Å². The number of hydrogen-bond acceptors (Lipinski definition) is 4. The minimum absolute atomic E-state index is 0.287. The molecule has 118 valence electrons. The van der Waals surface area contributed by atoms with Crippen molar-refractivity contribution in [3.05, 3.63) is 52.6 Å². The average molecular weight is 305 g/mol. The van der Waals surface area contributed by atoms with Crippen molar-refractivity contribution < 1.29 is 13.9 Å². The molecule has 1 aromatic carbocycles. The summed E-state index contributed by atoms with van der Waals surface area (Å²) in [5.74, 6) is -0.696. The van der Waals surface area contributed by atoms with Crippen LogP contribution in [-0.2, 0) is 17.7 Å². The van der Waals surface area contributed by atoms with E-state index < -0.39 is 5.97 Å². The van der Waals surface area contributed by atoms with Gasteiger partial charge in [-0.1, -0.05) is 12.1 Å². The molecule has 6 heteroatoms. The van der Waals surface area contributed by atoms with Crippen molar-refractivity contribution in [3.63, 3.8) is 0 Å². The summed E-state index contributed by atoms with van der Waals surface area (Å²) in [5, 5.41) is 4.38. The van der Waals surface area contributed by atoms with Gasteiger partial charge in [0.25, 0.3) is 0 Å². The van der Waals surface area contributed by atoms with Gasteiger partial charge >= 0.3 is 5.97 Å². The van der Waals surface area contributed by atoms with Crippen LogP contribution in [0.5, 0.6) is 0 Å². The molecule has 2 aromatic rings. The number of aromatic nitrogens is 2. The quantitative estimate of drug-likeness (QED) is 0.829. The Morgan fingerprint density at radius 3 is 2.64 bits per heavy atom. The third kappa shape index (κ3) is 3.51. The van der Waals surface area contributed by atoms with Gasteiger partial charge in [-0.3, -0.25) is 4.68 Å². The van der Waals surface area contributed by atoms with Crippen molar-refractivity contribution in [2.45, 2.75) is 26.8 Å². The number of carbonyl (C=O) groups is 1. The molecule has 0 fully saturated rings. The third-order valence-electron chi connectivity index (χ3n) is 3.36. The highest BCUT2D eigenvalue weighted by molar-refractivity contribution is 5.89. The lowest BCUT2D eigenvalue weighted by molar-refractivity contribution is 0.0511. The Morgan fingerprint density at radius 2 is 2.05 bits per heavy atom. The summed E-state index contributed by atoms with van der Waals surface area (Å²) >= 11 is 0. The van der Waals surface area contributed by atoms with E-state index in [0.29, 0.717) is 31.8 Å². The second-order valence-corrected chi connectivity index (χ2v) is 4.95. The standard InChI is InChI=1S/C16H20FN3O2/c1-3-22-16(21)15-14(11(2)19-20(15)9-8-18)10-12-4-6-13(17)7-5-12/h4-7H,3,8-10,18H2,1-2H3. The lowest BCUT2D eigenvalue weighted by atomic mass is 10.0. The molecule has 0 amide bonds. The van der Waals surface area contributed by atoms with Crippen LogP contribution in [0.15, 0.2) is 24.3 Å². The van der Waals surface area contributed by atoms with Gasteiger partial charge in [-0.15, -0.1) is 0 Å². The second kappa shape index (κ2) is 7.17. The van der Waals surface area contributed by atoms with Crippen molar-refractivity contribution in [1.82, 2.24) is 9.78 Å². The maximum atomic E-state index is 13.0. The van der Waals surface area contributed by atoms with Crippen molar-refractivity contribution in [1.29, 1.82) is 0 Å². The van der Waals surface area contributed by atoms with Gasteiger partial charge in [0.05, 0.1) is 18.8 Å². The molecule has 0 aliphatic heterocycles. The largest absolute Gasteiger partial charge is 0.461 e. The van der Waals surface area contributed by atoms with Crippen LogP contribution >= 0.6 is 0 Å². The monoisotopic (exact) mass is 305 g/mol. The number of ether oxygens (including phenoxy) is 1. The van der Waals surface area contributed by atoms with Gasteiger partial charge in [0.2, 0.25) is 0 Å². The molecule has 5 nitrogen and oxygen atoms in total. The first-order valence-corrected chi connectivity index (χ1v) is 7.24. The van der Waals surface area contributed by atoms with Gasteiger partial charge in [-0.05, 0) is 31.5 Å². The fraction of sp³-hybridized carbons (Fsp3) is 0.375. The molecule has 22 heavy (non-hydrogen) atoms. The average Bonchev–Trinajstić information content (AvgIpc) is 2.78. The molecule has 1 heterocycles. The van der Waals surface area contributed by atoms with E-state index in [9.17, 15) is 9.18 Å². The van der Waals surface area contributed by atoms with Crippen molar-refractivity contribution in [2.24, 2.45) is 5.73 Å². The number of esters is 1. The van der Waals surface area contributed by atoms with E-state index in [4.69, 9.17) is 10.5 Å².